The van der Waals surface area contributed by atoms with Crippen molar-refractivity contribution in [2.24, 2.45) is 0 Å². The summed E-state index contributed by atoms with van der Waals surface area (Å²) in [6, 6.07) is 21.0. The topological polar surface area (TPSA) is 12.9 Å². The third kappa shape index (κ3) is 3.26. The maximum absolute atomic E-state index is 8.76. The average Bonchev–Trinajstić information content (AvgIpc) is 3.17. The third-order valence-electron chi connectivity index (χ3n) is 6.15. The first-order chi connectivity index (χ1) is 15.6. The van der Waals surface area contributed by atoms with Crippen LogP contribution >= 0.6 is 11.3 Å². The lowest BCUT2D eigenvalue weighted by Crippen LogP contribution is -1.95. The first-order valence-corrected chi connectivity index (χ1v) is 11.4. The van der Waals surface area contributed by atoms with Gasteiger partial charge in [-0.2, -0.15) is 0 Å². The molecule has 0 N–H and O–H groups in total. The molecule has 0 bridgehead atoms. The predicted octanol–water partition coefficient (Wildman–Crippen LogP) is 9.07. The number of hydrogen-bond acceptors (Lipinski definition) is 2. The van der Waals surface area contributed by atoms with E-state index in [9.17, 15) is 0 Å². The van der Waals surface area contributed by atoms with Crippen LogP contribution in [0.3, 0.4) is 0 Å². The number of pyridine rings is 1. The lowest BCUT2D eigenvalue weighted by molar-refractivity contribution is 0.878. The molecule has 0 spiro atoms. The van der Waals surface area contributed by atoms with E-state index in [0.717, 1.165) is 33.3 Å². The van der Waals surface area contributed by atoms with Gasteiger partial charge in [-0.15, -0.1) is 11.3 Å². The number of thiophene rings is 1. The normalized spacial score (nSPS) is 15.1. The highest BCUT2D eigenvalue weighted by atomic mass is 32.1. The van der Waals surface area contributed by atoms with Crippen molar-refractivity contribution in [3.05, 3.63) is 90.1 Å². The van der Waals surface area contributed by atoms with Crippen molar-refractivity contribution in [1.82, 2.24) is 4.98 Å². The van der Waals surface area contributed by atoms with Crippen LogP contribution in [0.5, 0.6) is 0 Å². The van der Waals surface area contributed by atoms with Crippen LogP contribution < -0.4 is 0 Å². The van der Waals surface area contributed by atoms with Crippen molar-refractivity contribution < 1.29 is 2.74 Å². The van der Waals surface area contributed by atoms with Gasteiger partial charge in [-0.05, 0) is 52.9 Å². The summed E-state index contributed by atoms with van der Waals surface area (Å²) in [5.74, 6) is -1.56. The molecule has 0 aliphatic carbocycles. The van der Waals surface area contributed by atoms with Crippen molar-refractivity contribution in [1.29, 1.82) is 0 Å². The van der Waals surface area contributed by atoms with E-state index in [0.29, 0.717) is 0 Å². The molecule has 2 heteroatoms. The molecular formula is C29H27NS. The standard InChI is InChI=1S/C29H27NS/c1-17(2)19(5)20-13-14-30-26(15-20)23-11-8-12-24-28-22-10-7-6-9-21(22)25(18(3)4)16-27(28)31-29(23)24/h6-16,18-19H,1H2,2-5H3/i18D,19D. The second-order valence-electron chi connectivity index (χ2n) is 8.46. The van der Waals surface area contributed by atoms with E-state index < -0.39 is 11.8 Å². The van der Waals surface area contributed by atoms with E-state index in [1.165, 1.54) is 25.6 Å². The predicted molar refractivity (Wildman–Crippen MR) is 137 cm³/mol. The molecule has 0 aliphatic heterocycles. The molecule has 1 unspecified atom stereocenters. The summed E-state index contributed by atoms with van der Waals surface area (Å²) in [5.41, 5.74) is 4.68. The van der Waals surface area contributed by atoms with Crippen LogP contribution in [0.1, 0.15) is 53.4 Å². The Morgan fingerprint density at radius 3 is 2.45 bits per heavy atom. The number of aromatic nitrogens is 1. The monoisotopic (exact) mass is 423 g/mol. The lowest BCUT2D eigenvalue weighted by Gasteiger charge is -2.13. The maximum atomic E-state index is 8.76. The highest BCUT2D eigenvalue weighted by Crippen LogP contribution is 2.44. The third-order valence-corrected chi connectivity index (χ3v) is 7.34. The first kappa shape index (κ1) is 17.7. The molecule has 0 saturated carbocycles. The van der Waals surface area contributed by atoms with Gasteiger partial charge in [0.1, 0.15) is 0 Å². The minimum atomic E-state index is -0.865. The number of fused-ring (bicyclic) bond motifs is 5. The highest BCUT2D eigenvalue weighted by molar-refractivity contribution is 7.26. The van der Waals surface area contributed by atoms with E-state index in [2.05, 4.69) is 60.1 Å². The van der Waals surface area contributed by atoms with Crippen LogP contribution in [0.4, 0.5) is 0 Å². The number of allylic oxidation sites excluding steroid dienone is 1. The molecule has 0 saturated heterocycles. The quantitative estimate of drug-likeness (QED) is 0.263. The molecule has 0 fully saturated rings. The Balaban J connectivity index is 1.83. The Morgan fingerprint density at radius 2 is 1.71 bits per heavy atom. The Hall–Kier alpha value is -2.97. The number of nitrogens with zero attached hydrogens (tertiary/aromatic N) is 1. The Morgan fingerprint density at radius 1 is 0.968 bits per heavy atom. The largest absolute Gasteiger partial charge is 0.256 e. The minimum absolute atomic E-state index is 0.691. The van der Waals surface area contributed by atoms with E-state index >= 15 is 0 Å². The molecule has 5 aromatic rings. The van der Waals surface area contributed by atoms with Crippen molar-refractivity contribution in [3.8, 4) is 11.3 Å². The molecule has 5 rings (SSSR count). The summed E-state index contributed by atoms with van der Waals surface area (Å²) < 4.78 is 19.9. The summed E-state index contributed by atoms with van der Waals surface area (Å²) in [6.45, 7) is 11.7. The summed E-state index contributed by atoms with van der Waals surface area (Å²) in [7, 11) is 0. The lowest BCUT2D eigenvalue weighted by atomic mass is 9.92. The number of benzene rings is 3. The number of rotatable bonds is 4. The van der Waals surface area contributed by atoms with Crippen LogP contribution in [-0.4, -0.2) is 4.98 Å². The second kappa shape index (κ2) is 7.62. The maximum Gasteiger partial charge on any atom is 0.0719 e. The summed E-state index contributed by atoms with van der Waals surface area (Å²) in [5, 5.41) is 4.78. The summed E-state index contributed by atoms with van der Waals surface area (Å²) >= 11 is 1.76. The highest BCUT2D eigenvalue weighted by Gasteiger charge is 2.17. The Kier molecular flexibility index (Phi) is 4.35. The van der Waals surface area contributed by atoms with Gasteiger partial charge in [0.15, 0.2) is 0 Å². The van der Waals surface area contributed by atoms with Crippen molar-refractivity contribution in [3.63, 3.8) is 0 Å². The fourth-order valence-corrected chi connectivity index (χ4v) is 5.62. The van der Waals surface area contributed by atoms with Gasteiger partial charge in [0.25, 0.3) is 0 Å². The van der Waals surface area contributed by atoms with E-state index in [-0.39, 0.29) is 0 Å². The van der Waals surface area contributed by atoms with Crippen LogP contribution in [0.2, 0.25) is 0 Å². The molecule has 154 valence electrons. The van der Waals surface area contributed by atoms with Gasteiger partial charge in [-0.3, -0.25) is 4.98 Å². The molecule has 2 aromatic heterocycles. The van der Waals surface area contributed by atoms with E-state index in [1.54, 1.807) is 17.5 Å². The zero-order valence-corrected chi connectivity index (χ0v) is 19.2. The smallest absolute Gasteiger partial charge is 0.0719 e. The van der Waals surface area contributed by atoms with Gasteiger partial charge in [-0.1, -0.05) is 75.4 Å². The summed E-state index contributed by atoms with van der Waals surface area (Å²) in [6.07, 6.45) is 1.79. The van der Waals surface area contributed by atoms with Crippen molar-refractivity contribution >= 4 is 42.3 Å². The number of hydrogen-bond donors (Lipinski definition) is 0. The molecule has 31 heavy (non-hydrogen) atoms. The first-order valence-electron chi connectivity index (χ1n) is 11.6. The van der Waals surface area contributed by atoms with Gasteiger partial charge < -0.3 is 0 Å². The van der Waals surface area contributed by atoms with Crippen LogP contribution in [0.15, 0.2) is 79.0 Å². The van der Waals surface area contributed by atoms with Crippen molar-refractivity contribution in [2.75, 3.05) is 0 Å². The molecule has 0 amide bonds. The van der Waals surface area contributed by atoms with E-state index in [4.69, 9.17) is 2.74 Å². The fraction of sp³-hybridized carbons (Fsp3) is 0.207. The SMILES string of the molecule is [2H]C(C)(C)c1cc2sc3c(-c4cc(C([2H])(C)C(=C)C)ccn4)cccc3c2c2ccccc12. The average molecular weight is 424 g/mol. The molecule has 0 radical (unpaired) electrons. The molecule has 3 aromatic carbocycles. The van der Waals surface area contributed by atoms with Crippen LogP contribution in [0.25, 0.3) is 42.2 Å². The van der Waals surface area contributed by atoms with Gasteiger partial charge >= 0.3 is 0 Å². The van der Waals surface area contributed by atoms with Gasteiger partial charge in [0, 0.05) is 40.6 Å². The molecule has 2 heterocycles. The van der Waals surface area contributed by atoms with Crippen LogP contribution in [0, 0.1) is 0 Å². The molecule has 1 atom stereocenters. The molecule has 1 nitrogen and oxygen atoms in total. The molecular weight excluding hydrogens is 394 g/mol. The minimum Gasteiger partial charge on any atom is -0.256 e. The Labute approximate surface area is 190 Å². The van der Waals surface area contributed by atoms with Crippen LogP contribution in [-0.2, 0) is 0 Å². The second-order valence-corrected chi connectivity index (χ2v) is 9.51. The Bertz CT molecular complexity index is 1550. The zero-order valence-electron chi connectivity index (χ0n) is 20.4. The van der Waals surface area contributed by atoms with Gasteiger partial charge in [0.2, 0.25) is 0 Å². The van der Waals surface area contributed by atoms with E-state index in [1.807, 2.05) is 39.8 Å². The fourth-order valence-electron chi connectivity index (χ4n) is 4.33. The molecule has 0 aliphatic rings. The van der Waals surface area contributed by atoms with Gasteiger partial charge in [-0.25, -0.2) is 0 Å². The van der Waals surface area contributed by atoms with Crippen molar-refractivity contribution in [2.45, 2.75) is 39.5 Å². The zero-order chi connectivity index (χ0) is 23.5. The van der Waals surface area contributed by atoms with Gasteiger partial charge in [0.05, 0.1) is 5.69 Å². The summed E-state index contributed by atoms with van der Waals surface area (Å²) in [4.78, 5) is 4.69.